The molecule has 0 aliphatic rings. The van der Waals surface area contributed by atoms with E-state index in [4.69, 9.17) is 0 Å². The van der Waals surface area contributed by atoms with E-state index in [-0.39, 0.29) is 28.2 Å². The summed E-state index contributed by atoms with van der Waals surface area (Å²) in [7, 11) is 0. The first kappa shape index (κ1) is 20.6. The zero-order valence-electron chi connectivity index (χ0n) is 16.9. The number of hydrogen-bond donors (Lipinski definition) is 1. The molecule has 0 amide bonds. The molecule has 0 saturated heterocycles. The first-order chi connectivity index (χ1) is 15.9. The van der Waals surface area contributed by atoms with Crippen LogP contribution in [-0.2, 0) is 0 Å². The van der Waals surface area contributed by atoms with Gasteiger partial charge in [0, 0.05) is 23.2 Å². The smallest absolute Gasteiger partial charge is 0.412 e. The molecular weight excluding hydrogens is 433 g/mol. The Morgan fingerprint density at radius 1 is 0.939 bits per heavy atom. The van der Waals surface area contributed by atoms with Crippen LogP contribution in [0, 0.1) is 5.21 Å². The van der Waals surface area contributed by atoms with Crippen LogP contribution in [0.3, 0.4) is 0 Å². The SMILES string of the molecule is [O-][n+]1cccc(-c2nc3ccccc3cc2[C@@H](Nc2ncnc3cccnc23)C(F)(F)F)c1. The first-order valence-electron chi connectivity index (χ1n) is 9.88. The maximum atomic E-state index is 14.4. The third-order valence-electron chi connectivity index (χ3n) is 5.12. The normalized spacial score (nSPS) is 12.7. The van der Waals surface area contributed by atoms with Gasteiger partial charge >= 0.3 is 6.18 Å². The molecule has 4 heterocycles. The van der Waals surface area contributed by atoms with Crippen LogP contribution in [0.15, 0.2) is 79.5 Å². The first-order valence-corrected chi connectivity index (χ1v) is 9.88. The third-order valence-corrected chi connectivity index (χ3v) is 5.12. The summed E-state index contributed by atoms with van der Waals surface area (Å²) < 4.78 is 43.9. The molecule has 164 valence electrons. The molecule has 0 radical (unpaired) electrons. The second kappa shape index (κ2) is 7.97. The minimum Gasteiger partial charge on any atom is -0.619 e. The molecule has 5 rings (SSSR count). The van der Waals surface area contributed by atoms with Gasteiger partial charge in [0.05, 0.1) is 22.3 Å². The van der Waals surface area contributed by atoms with E-state index >= 15 is 0 Å². The average molecular weight is 448 g/mol. The topological polar surface area (TPSA) is 90.5 Å². The molecule has 0 unspecified atom stereocenters. The summed E-state index contributed by atoms with van der Waals surface area (Å²) in [6.07, 6.45) is 0.363. The Kier molecular flexibility index (Phi) is 4.97. The maximum Gasteiger partial charge on any atom is 0.412 e. The summed E-state index contributed by atoms with van der Waals surface area (Å²) in [6.45, 7) is 0. The Balaban J connectivity index is 1.73. The molecule has 4 aromatic heterocycles. The molecule has 0 fully saturated rings. The van der Waals surface area contributed by atoms with Crippen molar-refractivity contribution in [3.8, 4) is 11.3 Å². The Morgan fingerprint density at radius 3 is 2.58 bits per heavy atom. The van der Waals surface area contributed by atoms with Crippen molar-refractivity contribution in [2.45, 2.75) is 12.2 Å². The van der Waals surface area contributed by atoms with Gasteiger partial charge in [-0.2, -0.15) is 17.9 Å². The van der Waals surface area contributed by atoms with Crippen LogP contribution in [0.5, 0.6) is 0 Å². The number of para-hydroxylation sites is 1. The number of alkyl halides is 3. The van der Waals surface area contributed by atoms with Gasteiger partial charge in [-0.25, -0.2) is 15.0 Å². The summed E-state index contributed by atoms with van der Waals surface area (Å²) in [6, 6.07) is 12.4. The predicted molar refractivity (Wildman–Crippen MR) is 116 cm³/mol. The number of aromatic nitrogens is 5. The van der Waals surface area contributed by atoms with Crippen molar-refractivity contribution < 1.29 is 17.9 Å². The number of benzene rings is 1. The van der Waals surface area contributed by atoms with Crippen LogP contribution in [0.1, 0.15) is 11.6 Å². The van der Waals surface area contributed by atoms with Gasteiger partial charge in [0.2, 0.25) is 0 Å². The second-order valence-electron chi connectivity index (χ2n) is 7.28. The lowest BCUT2D eigenvalue weighted by atomic mass is 9.98. The van der Waals surface area contributed by atoms with Crippen molar-refractivity contribution in [2.75, 3.05) is 5.32 Å². The molecule has 0 aliphatic carbocycles. The van der Waals surface area contributed by atoms with E-state index < -0.39 is 12.2 Å². The molecule has 0 spiro atoms. The van der Waals surface area contributed by atoms with E-state index in [0.717, 1.165) is 0 Å². The van der Waals surface area contributed by atoms with E-state index in [9.17, 15) is 18.4 Å². The lowest BCUT2D eigenvalue weighted by molar-refractivity contribution is -0.604. The Labute approximate surface area is 185 Å². The van der Waals surface area contributed by atoms with Gasteiger partial charge in [-0.1, -0.05) is 18.2 Å². The highest BCUT2D eigenvalue weighted by molar-refractivity contribution is 5.86. The lowest BCUT2D eigenvalue weighted by Crippen LogP contribution is -2.30. The monoisotopic (exact) mass is 448 g/mol. The maximum absolute atomic E-state index is 14.4. The van der Waals surface area contributed by atoms with Gasteiger partial charge in [-0.15, -0.1) is 0 Å². The van der Waals surface area contributed by atoms with Gasteiger partial charge in [0.1, 0.15) is 11.8 Å². The number of fused-ring (bicyclic) bond motifs is 2. The largest absolute Gasteiger partial charge is 0.619 e. The molecule has 0 bridgehead atoms. The minimum absolute atomic E-state index is 0.0417. The average Bonchev–Trinajstić information content (AvgIpc) is 2.81. The molecular formula is C23H15F3N6O. The van der Waals surface area contributed by atoms with E-state index in [2.05, 4.69) is 25.3 Å². The number of nitrogens with one attached hydrogen (secondary N) is 1. The van der Waals surface area contributed by atoms with Crippen LogP contribution < -0.4 is 10.0 Å². The highest BCUT2D eigenvalue weighted by Gasteiger charge is 2.43. The number of hydrogen-bond acceptors (Lipinski definition) is 6. The van der Waals surface area contributed by atoms with Crippen molar-refractivity contribution in [1.29, 1.82) is 0 Å². The number of pyridine rings is 3. The molecule has 1 N–H and O–H groups in total. The fraction of sp³-hybridized carbons (Fsp3) is 0.0870. The molecule has 10 heteroatoms. The van der Waals surface area contributed by atoms with Crippen molar-refractivity contribution in [3.05, 3.63) is 90.3 Å². The lowest BCUT2D eigenvalue weighted by Gasteiger charge is -2.25. The Morgan fingerprint density at radius 2 is 1.76 bits per heavy atom. The van der Waals surface area contributed by atoms with Crippen molar-refractivity contribution >= 4 is 27.8 Å². The predicted octanol–water partition coefficient (Wildman–Crippen LogP) is 4.59. The molecule has 0 aliphatic heterocycles. The molecule has 5 aromatic rings. The molecule has 7 nitrogen and oxygen atoms in total. The highest BCUT2D eigenvalue weighted by Crippen LogP contribution is 2.40. The van der Waals surface area contributed by atoms with Crippen molar-refractivity contribution in [2.24, 2.45) is 0 Å². The van der Waals surface area contributed by atoms with Crippen molar-refractivity contribution in [3.63, 3.8) is 0 Å². The summed E-state index contributed by atoms with van der Waals surface area (Å²) in [5.74, 6) is -0.0611. The summed E-state index contributed by atoms with van der Waals surface area (Å²) in [5, 5.41) is 14.9. The highest BCUT2D eigenvalue weighted by atomic mass is 19.4. The number of halogens is 3. The van der Waals surface area contributed by atoms with Crippen LogP contribution >= 0.6 is 0 Å². The second-order valence-corrected chi connectivity index (χ2v) is 7.28. The number of nitrogens with zero attached hydrogens (tertiary/aromatic N) is 5. The van der Waals surface area contributed by atoms with Gasteiger partial charge in [0.15, 0.2) is 24.3 Å². The van der Waals surface area contributed by atoms with Crippen LogP contribution in [0.2, 0.25) is 0 Å². The zero-order valence-corrected chi connectivity index (χ0v) is 16.9. The van der Waals surface area contributed by atoms with E-state index in [0.29, 0.717) is 21.2 Å². The van der Waals surface area contributed by atoms with Crippen LogP contribution in [-0.4, -0.2) is 26.1 Å². The standard InChI is InChI=1S/C23H15F3N6O/c24-23(25,26)21(31-22-20-18(28-13-29-22)8-3-9-27-20)16-11-14-5-1-2-7-17(14)30-19(16)15-6-4-10-32(33)12-15/h1-13,21H,(H,28,29,31)/t21-/m1/s1. The van der Waals surface area contributed by atoms with Crippen molar-refractivity contribution in [1.82, 2.24) is 19.9 Å². The summed E-state index contributed by atoms with van der Waals surface area (Å²) in [5.41, 5.74) is 1.28. The van der Waals surface area contributed by atoms with E-state index in [1.165, 1.54) is 37.1 Å². The van der Waals surface area contributed by atoms with E-state index in [1.807, 2.05) is 0 Å². The van der Waals surface area contributed by atoms with E-state index in [1.54, 1.807) is 42.5 Å². The van der Waals surface area contributed by atoms with Crippen LogP contribution in [0.4, 0.5) is 19.0 Å². The molecule has 0 saturated carbocycles. The number of rotatable bonds is 4. The quantitative estimate of drug-likeness (QED) is 0.320. The summed E-state index contributed by atoms with van der Waals surface area (Å²) in [4.78, 5) is 16.7. The zero-order chi connectivity index (χ0) is 23.0. The minimum atomic E-state index is -4.72. The van der Waals surface area contributed by atoms with Crippen LogP contribution in [0.25, 0.3) is 33.2 Å². The number of anilines is 1. The van der Waals surface area contributed by atoms with Gasteiger partial charge in [-0.3, -0.25) is 4.98 Å². The van der Waals surface area contributed by atoms with Gasteiger partial charge < -0.3 is 10.5 Å². The van der Waals surface area contributed by atoms with Gasteiger partial charge in [-0.05, 0) is 30.3 Å². The van der Waals surface area contributed by atoms with Gasteiger partial charge in [0.25, 0.3) is 0 Å². The molecule has 33 heavy (non-hydrogen) atoms. The Hall–Kier alpha value is -4.34. The molecule has 1 atom stereocenters. The Bertz CT molecular complexity index is 1470. The fourth-order valence-electron chi connectivity index (χ4n) is 3.65. The summed E-state index contributed by atoms with van der Waals surface area (Å²) >= 11 is 0. The third kappa shape index (κ3) is 3.98. The molecule has 1 aromatic carbocycles. The fourth-order valence-corrected chi connectivity index (χ4v) is 3.65.